The van der Waals surface area contributed by atoms with Crippen molar-refractivity contribution in [2.45, 2.75) is 18.4 Å². The molecule has 2 aromatic rings. The van der Waals surface area contributed by atoms with E-state index >= 15 is 0 Å². The van der Waals surface area contributed by atoms with Crippen LogP contribution in [0, 0.1) is 5.92 Å². The molecule has 2 aliphatic rings. The second-order valence-electron chi connectivity index (χ2n) is 6.44. The molecule has 0 radical (unpaired) electrons. The third-order valence-corrected chi connectivity index (χ3v) is 4.91. The van der Waals surface area contributed by atoms with E-state index < -0.39 is 0 Å². The van der Waals surface area contributed by atoms with Crippen LogP contribution in [0.3, 0.4) is 0 Å². The highest BCUT2D eigenvalue weighted by Gasteiger charge is 2.49. The average molecular weight is 293 g/mol. The van der Waals surface area contributed by atoms with Gasteiger partial charge in [-0.25, -0.2) is 0 Å². The molecule has 2 aliphatic heterocycles. The monoisotopic (exact) mass is 293 g/mol. The maximum atomic E-state index is 13.3. The van der Waals surface area contributed by atoms with Crippen LogP contribution < -0.4 is 5.32 Å². The molecule has 3 atom stereocenters. The number of carbonyl (C=O) groups excluding carboxylic acids is 1. The highest BCUT2D eigenvalue weighted by molar-refractivity contribution is 5.95. The Morgan fingerprint density at radius 1 is 1.09 bits per heavy atom. The van der Waals surface area contributed by atoms with E-state index in [1.807, 2.05) is 42.5 Å². The number of hydrogen-bond acceptors (Lipinski definition) is 3. The Morgan fingerprint density at radius 2 is 1.82 bits per heavy atom. The quantitative estimate of drug-likeness (QED) is 0.877. The number of ketones is 1. The first-order valence-electron chi connectivity index (χ1n) is 7.72. The Hall–Kier alpha value is -2.13. The number of anilines is 1. The fourth-order valence-electron chi connectivity index (χ4n) is 3.71. The minimum absolute atomic E-state index is 0.120. The SMILES string of the molecule is C[C@]12COC[C@H]1C(=O)C(c1ccccc1)c1ccccc1N2. The standard InChI is InChI=1S/C19H19NO2/c1-19-12-22-11-15(19)18(21)17(13-7-3-2-4-8-13)14-9-5-6-10-16(14)20-19/h2-10,15,17,20H,11-12H2,1H3/t15-,17?,19-/m0/s1. The molecule has 2 aromatic carbocycles. The van der Waals surface area contributed by atoms with Crippen molar-refractivity contribution in [2.24, 2.45) is 5.92 Å². The molecule has 0 aliphatic carbocycles. The van der Waals surface area contributed by atoms with Gasteiger partial charge in [0.05, 0.1) is 30.6 Å². The van der Waals surface area contributed by atoms with Crippen molar-refractivity contribution in [1.29, 1.82) is 0 Å². The van der Waals surface area contributed by atoms with E-state index in [-0.39, 0.29) is 23.2 Å². The summed E-state index contributed by atoms with van der Waals surface area (Å²) in [6.07, 6.45) is 0. The Kier molecular flexibility index (Phi) is 3.05. The minimum Gasteiger partial charge on any atom is -0.378 e. The number of carbonyl (C=O) groups is 1. The average Bonchev–Trinajstić information content (AvgIpc) is 2.88. The van der Waals surface area contributed by atoms with E-state index in [1.165, 1.54) is 0 Å². The third-order valence-electron chi connectivity index (χ3n) is 4.91. The summed E-state index contributed by atoms with van der Waals surface area (Å²) in [7, 11) is 0. The Bertz CT molecular complexity index is 712. The molecule has 1 unspecified atom stereocenters. The first-order chi connectivity index (χ1) is 10.7. The number of ether oxygens (including phenoxy) is 1. The maximum absolute atomic E-state index is 13.3. The second-order valence-corrected chi connectivity index (χ2v) is 6.44. The zero-order valence-electron chi connectivity index (χ0n) is 12.6. The van der Waals surface area contributed by atoms with Gasteiger partial charge in [-0.2, -0.15) is 0 Å². The van der Waals surface area contributed by atoms with Crippen molar-refractivity contribution in [3.05, 3.63) is 65.7 Å². The molecule has 112 valence electrons. The van der Waals surface area contributed by atoms with Crippen LogP contribution in [-0.2, 0) is 9.53 Å². The van der Waals surface area contributed by atoms with E-state index in [0.29, 0.717) is 13.2 Å². The van der Waals surface area contributed by atoms with Crippen LogP contribution in [0.2, 0.25) is 0 Å². The van der Waals surface area contributed by atoms with Crippen molar-refractivity contribution >= 4 is 11.5 Å². The maximum Gasteiger partial charge on any atom is 0.152 e. The zero-order chi connectivity index (χ0) is 15.2. The molecule has 0 amide bonds. The molecular formula is C19H19NO2. The van der Waals surface area contributed by atoms with E-state index in [1.54, 1.807) is 0 Å². The van der Waals surface area contributed by atoms with Crippen LogP contribution in [0.1, 0.15) is 24.0 Å². The van der Waals surface area contributed by atoms with Gasteiger partial charge in [-0.1, -0.05) is 48.5 Å². The summed E-state index contributed by atoms with van der Waals surface area (Å²) in [4.78, 5) is 13.3. The molecule has 0 aromatic heterocycles. The molecule has 0 bridgehead atoms. The van der Waals surface area contributed by atoms with Gasteiger partial charge in [-0.05, 0) is 24.1 Å². The highest BCUT2D eigenvalue weighted by atomic mass is 16.5. The van der Waals surface area contributed by atoms with Crippen LogP contribution in [0.5, 0.6) is 0 Å². The molecule has 0 spiro atoms. The van der Waals surface area contributed by atoms with Crippen molar-refractivity contribution in [3.8, 4) is 0 Å². The van der Waals surface area contributed by atoms with Crippen molar-refractivity contribution < 1.29 is 9.53 Å². The molecular weight excluding hydrogens is 274 g/mol. The van der Waals surface area contributed by atoms with Crippen molar-refractivity contribution in [2.75, 3.05) is 18.5 Å². The molecule has 4 rings (SSSR count). The van der Waals surface area contributed by atoms with E-state index in [2.05, 4.69) is 24.4 Å². The largest absolute Gasteiger partial charge is 0.378 e. The van der Waals surface area contributed by atoms with Gasteiger partial charge in [-0.15, -0.1) is 0 Å². The van der Waals surface area contributed by atoms with Crippen LogP contribution in [0.4, 0.5) is 5.69 Å². The lowest BCUT2D eigenvalue weighted by molar-refractivity contribution is -0.124. The van der Waals surface area contributed by atoms with Crippen LogP contribution in [0.15, 0.2) is 54.6 Å². The third kappa shape index (κ3) is 1.97. The summed E-state index contributed by atoms with van der Waals surface area (Å²) >= 11 is 0. The summed E-state index contributed by atoms with van der Waals surface area (Å²) in [5.74, 6) is -0.0906. The fraction of sp³-hybridized carbons (Fsp3) is 0.316. The Balaban J connectivity index is 1.91. The smallest absolute Gasteiger partial charge is 0.152 e. The molecule has 22 heavy (non-hydrogen) atoms. The van der Waals surface area contributed by atoms with Crippen molar-refractivity contribution in [3.63, 3.8) is 0 Å². The lowest BCUT2D eigenvalue weighted by atomic mass is 9.78. The van der Waals surface area contributed by atoms with Crippen LogP contribution >= 0.6 is 0 Å². The summed E-state index contributed by atoms with van der Waals surface area (Å²) < 4.78 is 5.64. The van der Waals surface area contributed by atoms with Gasteiger partial charge in [0.25, 0.3) is 0 Å². The number of benzene rings is 2. The summed E-state index contributed by atoms with van der Waals surface area (Å²) in [5, 5.41) is 3.58. The minimum atomic E-state index is -0.323. The fourth-order valence-corrected chi connectivity index (χ4v) is 3.71. The van der Waals surface area contributed by atoms with Gasteiger partial charge < -0.3 is 10.1 Å². The van der Waals surface area contributed by atoms with Crippen molar-refractivity contribution in [1.82, 2.24) is 0 Å². The van der Waals surface area contributed by atoms with E-state index in [0.717, 1.165) is 16.8 Å². The highest BCUT2D eigenvalue weighted by Crippen LogP contribution is 2.43. The Morgan fingerprint density at radius 3 is 2.64 bits per heavy atom. The number of hydrogen-bond donors (Lipinski definition) is 1. The number of fused-ring (bicyclic) bond motifs is 2. The lowest BCUT2D eigenvalue weighted by Crippen LogP contribution is -2.45. The first kappa shape index (κ1) is 13.5. The number of Topliss-reactive ketones (excluding diaryl/α,β-unsaturated/α-hetero) is 1. The summed E-state index contributed by atoms with van der Waals surface area (Å²) in [6.45, 7) is 3.16. The van der Waals surface area contributed by atoms with Crippen LogP contribution in [-0.4, -0.2) is 24.5 Å². The van der Waals surface area contributed by atoms with Gasteiger partial charge in [0.15, 0.2) is 5.78 Å². The predicted octanol–water partition coefficient (Wildman–Crippen LogP) is 3.22. The lowest BCUT2D eigenvalue weighted by Gasteiger charge is -2.29. The second kappa shape index (κ2) is 4.96. The molecule has 1 fully saturated rings. The number of para-hydroxylation sites is 1. The molecule has 1 N–H and O–H groups in total. The molecule has 2 heterocycles. The van der Waals surface area contributed by atoms with Gasteiger partial charge in [0, 0.05) is 5.69 Å². The Labute approximate surface area is 130 Å². The molecule has 1 saturated heterocycles. The topological polar surface area (TPSA) is 38.3 Å². The van der Waals surface area contributed by atoms with Gasteiger partial charge >= 0.3 is 0 Å². The molecule has 3 heteroatoms. The van der Waals surface area contributed by atoms with Gasteiger partial charge in [-0.3, -0.25) is 4.79 Å². The van der Waals surface area contributed by atoms with Gasteiger partial charge in [0.1, 0.15) is 0 Å². The first-order valence-corrected chi connectivity index (χ1v) is 7.72. The zero-order valence-corrected chi connectivity index (χ0v) is 12.6. The summed E-state index contributed by atoms with van der Waals surface area (Å²) in [5.41, 5.74) is 2.84. The summed E-state index contributed by atoms with van der Waals surface area (Å²) in [6, 6.07) is 18.2. The van der Waals surface area contributed by atoms with Gasteiger partial charge in [0.2, 0.25) is 0 Å². The number of nitrogens with one attached hydrogen (secondary N) is 1. The normalized spacial score (nSPS) is 30.1. The van der Waals surface area contributed by atoms with E-state index in [4.69, 9.17) is 4.74 Å². The molecule has 0 saturated carbocycles. The predicted molar refractivity (Wildman–Crippen MR) is 86.1 cm³/mol. The number of rotatable bonds is 1. The molecule has 3 nitrogen and oxygen atoms in total. The van der Waals surface area contributed by atoms with Crippen LogP contribution in [0.25, 0.3) is 0 Å². The van der Waals surface area contributed by atoms with E-state index in [9.17, 15) is 4.79 Å².